The van der Waals surface area contributed by atoms with Gasteiger partial charge in [-0.3, -0.25) is 9.36 Å². The molecule has 0 aliphatic rings. The summed E-state index contributed by atoms with van der Waals surface area (Å²) in [6.45, 7) is 2.01. The third kappa shape index (κ3) is 3.80. The molecule has 0 amide bonds. The van der Waals surface area contributed by atoms with Crippen molar-refractivity contribution < 1.29 is 4.74 Å². The lowest BCUT2D eigenvalue weighted by molar-refractivity contribution is 0.412. The highest BCUT2D eigenvalue weighted by Gasteiger charge is 2.20. The fourth-order valence-corrected chi connectivity index (χ4v) is 5.69. The summed E-state index contributed by atoms with van der Waals surface area (Å²) >= 11 is 2.87. The smallest absolute Gasteiger partial charge is 0.273 e. The predicted octanol–water partition coefficient (Wildman–Crippen LogP) is 5.70. The summed E-state index contributed by atoms with van der Waals surface area (Å²) < 4.78 is 7.05. The molecular weight excluding hydrogens is 492 g/mol. The van der Waals surface area contributed by atoms with Gasteiger partial charge in [0.25, 0.3) is 10.8 Å². The highest BCUT2D eigenvalue weighted by molar-refractivity contribution is 7.17. The van der Waals surface area contributed by atoms with Crippen LogP contribution in [0.15, 0.2) is 77.4 Å². The molecule has 6 rings (SSSR count). The second-order valence-electron chi connectivity index (χ2n) is 8.10. The highest BCUT2D eigenvalue weighted by Crippen LogP contribution is 2.35. The van der Waals surface area contributed by atoms with Crippen LogP contribution in [0.3, 0.4) is 0 Å². The zero-order chi connectivity index (χ0) is 24.6. The van der Waals surface area contributed by atoms with Gasteiger partial charge in [-0.05, 0) is 30.5 Å². The van der Waals surface area contributed by atoms with Crippen molar-refractivity contribution in [1.29, 1.82) is 0 Å². The molecule has 1 atom stereocenters. The number of anilines is 1. The Morgan fingerprint density at radius 3 is 2.69 bits per heavy atom. The molecule has 2 aromatic carbocycles. The first-order valence-corrected chi connectivity index (χ1v) is 12.9. The number of nitrogens with one attached hydrogen (secondary N) is 1. The third-order valence-corrected chi connectivity index (χ3v) is 7.67. The standard InChI is InChI=1S/C26H20N6O2S2/c1-15(31-23-22-24(29-13-28-23)35-14-30-22)19-11-16-7-6-10-18(20-12-27-26(34-2)36-20)21(16)25(33)32(19)17-8-4-3-5-9-17/h3-15H,1-2H3,(H,28,29,31). The van der Waals surface area contributed by atoms with Gasteiger partial charge in [-0.2, -0.15) is 0 Å². The van der Waals surface area contributed by atoms with Gasteiger partial charge in [0.1, 0.15) is 16.7 Å². The molecule has 10 heteroatoms. The van der Waals surface area contributed by atoms with Crippen molar-refractivity contribution in [3.05, 3.63) is 88.7 Å². The van der Waals surface area contributed by atoms with E-state index in [-0.39, 0.29) is 11.6 Å². The fraction of sp³-hybridized carbons (Fsp3) is 0.115. The number of rotatable bonds is 6. The Hall–Kier alpha value is -4.15. The minimum absolute atomic E-state index is 0.105. The second-order valence-corrected chi connectivity index (χ2v) is 9.93. The van der Waals surface area contributed by atoms with Crippen molar-refractivity contribution in [3.8, 4) is 21.3 Å². The lowest BCUT2D eigenvalue weighted by atomic mass is 10.0. The van der Waals surface area contributed by atoms with Crippen molar-refractivity contribution in [2.75, 3.05) is 12.4 Å². The Morgan fingerprint density at radius 2 is 1.89 bits per heavy atom. The molecule has 0 saturated heterocycles. The van der Waals surface area contributed by atoms with Crippen LogP contribution in [0.1, 0.15) is 18.7 Å². The van der Waals surface area contributed by atoms with Crippen LogP contribution in [-0.2, 0) is 0 Å². The first kappa shape index (κ1) is 22.3. The Balaban J connectivity index is 1.56. The van der Waals surface area contributed by atoms with Gasteiger partial charge in [0.05, 0.1) is 28.9 Å². The van der Waals surface area contributed by atoms with Gasteiger partial charge in [-0.15, -0.1) is 11.3 Å². The maximum absolute atomic E-state index is 14.2. The minimum Gasteiger partial charge on any atom is -0.473 e. The van der Waals surface area contributed by atoms with Gasteiger partial charge in [-0.1, -0.05) is 47.7 Å². The highest BCUT2D eigenvalue weighted by atomic mass is 32.1. The van der Waals surface area contributed by atoms with E-state index < -0.39 is 0 Å². The van der Waals surface area contributed by atoms with Gasteiger partial charge < -0.3 is 10.1 Å². The zero-order valence-corrected chi connectivity index (χ0v) is 21.0. The summed E-state index contributed by atoms with van der Waals surface area (Å²) in [4.78, 5) is 33.3. The largest absolute Gasteiger partial charge is 0.473 e. The summed E-state index contributed by atoms with van der Waals surface area (Å²) in [5, 5.41) is 5.49. The molecule has 1 N–H and O–H groups in total. The quantitative estimate of drug-likeness (QED) is 0.306. The van der Waals surface area contributed by atoms with E-state index in [1.165, 1.54) is 29.0 Å². The first-order valence-electron chi connectivity index (χ1n) is 11.2. The predicted molar refractivity (Wildman–Crippen MR) is 144 cm³/mol. The van der Waals surface area contributed by atoms with E-state index >= 15 is 0 Å². The number of fused-ring (bicyclic) bond motifs is 2. The van der Waals surface area contributed by atoms with E-state index in [2.05, 4.69) is 31.3 Å². The van der Waals surface area contributed by atoms with E-state index in [1.807, 2.05) is 55.5 Å². The fourth-order valence-electron chi connectivity index (χ4n) is 4.31. The summed E-state index contributed by atoms with van der Waals surface area (Å²) in [7, 11) is 1.59. The molecule has 0 radical (unpaired) electrons. The van der Waals surface area contributed by atoms with Crippen LogP contribution < -0.4 is 15.6 Å². The number of benzene rings is 2. The summed E-state index contributed by atoms with van der Waals surface area (Å²) in [6.07, 6.45) is 3.27. The molecule has 6 aromatic rings. The number of pyridine rings is 1. The van der Waals surface area contributed by atoms with E-state index in [1.54, 1.807) is 23.4 Å². The number of para-hydroxylation sites is 1. The molecule has 1 unspecified atom stereocenters. The van der Waals surface area contributed by atoms with Crippen molar-refractivity contribution in [2.45, 2.75) is 13.0 Å². The Labute approximate surface area is 213 Å². The van der Waals surface area contributed by atoms with Crippen LogP contribution in [0.25, 0.3) is 37.2 Å². The lowest BCUT2D eigenvalue weighted by Gasteiger charge is -2.22. The molecule has 0 aliphatic carbocycles. The van der Waals surface area contributed by atoms with Crippen LogP contribution in [0.2, 0.25) is 0 Å². The van der Waals surface area contributed by atoms with Crippen LogP contribution >= 0.6 is 22.7 Å². The average molecular weight is 513 g/mol. The summed E-state index contributed by atoms with van der Waals surface area (Å²) in [6, 6.07) is 17.3. The number of methoxy groups -OCH3 is 1. The van der Waals surface area contributed by atoms with Crippen LogP contribution in [0.5, 0.6) is 5.19 Å². The summed E-state index contributed by atoms with van der Waals surface area (Å²) in [5.41, 5.74) is 4.78. The molecular formula is C26H20N6O2S2. The zero-order valence-electron chi connectivity index (χ0n) is 19.4. The van der Waals surface area contributed by atoms with E-state index in [0.29, 0.717) is 21.9 Å². The number of nitrogens with zero attached hydrogens (tertiary/aromatic N) is 5. The van der Waals surface area contributed by atoms with Gasteiger partial charge >= 0.3 is 0 Å². The van der Waals surface area contributed by atoms with Gasteiger partial charge in [0, 0.05) is 23.1 Å². The summed E-state index contributed by atoms with van der Waals surface area (Å²) in [5.74, 6) is 0.631. The molecule has 0 saturated carbocycles. The van der Waals surface area contributed by atoms with Crippen molar-refractivity contribution in [1.82, 2.24) is 24.5 Å². The Kier molecular flexibility index (Phi) is 5.67. The monoisotopic (exact) mass is 512 g/mol. The molecule has 178 valence electrons. The van der Waals surface area contributed by atoms with Crippen LogP contribution in [0, 0.1) is 0 Å². The molecule has 36 heavy (non-hydrogen) atoms. The van der Waals surface area contributed by atoms with Gasteiger partial charge in [-0.25, -0.2) is 19.9 Å². The number of aromatic nitrogens is 5. The molecule has 0 bridgehead atoms. The maximum Gasteiger partial charge on any atom is 0.273 e. The second kappa shape index (κ2) is 9.14. The average Bonchev–Trinajstić information content (AvgIpc) is 3.59. The number of hydrogen-bond donors (Lipinski definition) is 1. The van der Waals surface area contributed by atoms with Crippen LogP contribution in [0.4, 0.5) is 5.82 Å². The topological polar surface area (TPSA) is 94.8 Å². The normalized spacial score (nSPS) is 12.2. The van der Waals surface area contributed by atoms with E-state index in [4.69, 9.17) is 4.74 Å². The molecule has 0 fully saturated rings. The van der Waals surface area contributed by atoms with Crippen molar-refractivity contribution in [2.24, 2.45) is 0 Å². The molecule has 8 nitrogen and oxygen atoms in total. The minimum atomic E-state index is -0.255. The van der Waals surface area contributed by atoms with E-state index in [0.717, 1.165) is 32.0 Å². The molecule has 4 heterocycles. The van der Waals surface area contributed by atoms with E-state index in [9.17, 15) is 4.79 Å². The Bertz CT molecular complexity index is 1760. The molecule has 0 spiro atoms. The maximum atomic E-state index is 14.2. The molecule has 0 aliphatic heterocycles. The third-order valence-electron chi connectivity index (χ3n) is 5.95. The number of hydrogen-bond acceptors (Lipinski definition) is 9. The first-order chi connectivity index (χ1) is 17.6. The van der Waals surface area contributed by atoms with Crippen LogP contribution in [-0.4, -0.2) is 31.6 Å². The number of ether oxygens (including phenoxy) is 1. The Morgan fingerprint density at radius 1 is 1.03 bits per heavy atom. The van der Waals surface area contributed by atoms with Crippen molar-refractivity contribution >= 4 is 49.6 Å². The number of thiazole rings is 2. The lowest BCUT2D eigenvalue weighted by Crippen LogP contribution is -2.26. The van der Waals surface area contributed by atoms with Gasteiger partial charge in [0.2, 0.25) is 0 Å². The van der Waals surface area contributed by atoms with Gasteiger partial charge in [0.15, 0.2) is 5.82 Å². The van der Waals surface area contributed by atoms with Crippen molar-refractivity contribution in [3.63, 3.8) is 0 Å². The molecule has 4 aromatic heterocycles. The SMILES string of the molecule is COc1ncc(-c2cccc3cc(C(C)Nc4ncnc5scnc45)n(-c4ccccc4)c(=O)c23)s1.